The number of benzene rings is 2. The van der Waals surface area contributed by atoms with Gasteiger partial charge in [0.1, 0.15) is 5.75 Å². The lowest BCUT2D eigenvalue weighted by atomic mass is 9.65. The molecule has 0 amide bonds. The number of fused-ring (bicyclic) bond motifs is 1. The summed E-state index contributed by atoms with van der Waals surface area (Å²) in [6, 6.07) is 9.40. The number of methoxy groups -OCH3 is 4. The molecule has 2 atom stereocenters. The molecule has 0 radical (unpaired) electrons. The lowest BCUT2D eigenvalue weighted by Crippen LogP contribution is -2.33. The van der Waals surface area contributed by atoms with Crippen LogP contribution in [0.5, 0.6) is 28.7 Å². The Hall–Kier alpha value is -2.89. The van der Waals surface area contributed by atoms with E-state index in [9.17, 15) is 4.79 Å². The summed E-state index contributed by atoms with van der Waals surface area (Å²) in [6.07, 6.45) is 0. The fourth-order valence-corrected chi connectivity index (χ4v) is 4.30. The van der Waals surface area contributed by atoms with E-state index in [0.29, 0.717) is 28.7 Å². The molecule has 1 aliphatic rings. The van der Waals surface area contributed by atoms with Crippen molar-refractivity contribution in [1.82, 2.24) is 0 Å². The summed E-state index contributed by atoms with van der Waals surface area (Å²) in [6.45, 7) is 6.09. The highest BCUT2D eigenvalue weighted by atomic mass is 16.6. The predicted octanol–water partition coefficient (Wildman–Crippen LogP) is 4.34. The van der Waals surface area contributed by atoms with E-state index in [0.717, 1.165) is 11.1 Å². The van der Waals surface area contributed by atoms with Crippen LogP contribution in [0.15, 0.2) is 30.3 Å². The molecule has 29 heavy (non-hydrogen) atoms. The Morgan fingerprint density at radius 2 is 1.52 bits per heavy atom. The number of hydrogen-bond donors (Lipinski definition) is 0. The van der Waals surface area contributed by atoms with Gasteiger partial charge in [-0.2, -0.15) is 0 Å². The van der Waals surface area contributed by atoms with Gasteiger partial charge in [0.05, 0.1) is 34.4 Å². The summed E-state index contributed by atoms with van der Waals surface area (Å²) in [4.78, 5) is 13.0. The number of esters is 1. The molecule has 2 aromatic rings. The minimum atomic E-state index is -0.470. The Balaban J connectivity index is 2.25. The number of hydrogen-bond acceptors (Lipinski definition) is 6. The Bertz CT molecular complexity index is 918. The van der Waals surface area contributed by atoms with Crippen molar-refractivity contribution in [3.05, 3.63) is 41.5 Å². The molecule has 156 valence electrons. The molecular formula is C23H28O6. The third-order valence-electron chi connectivity index (χ3n) is 5.80. The molecule has 2 aromatic carbocycles. The van der Waals surface area contributed by atoms with Gasteiger partial charge in [0, 0.05) is 23.0 Å². The summed E-state index contributed by atoms with van der Waals surface area (Å²) in [5.41, 5.74) is 1.35. The largest absolute Gasteiger partial charge is 0.497 e. The SMILES string of the molecule is COc1cc(OC)c2c(c1)C(C)(C)C(c1ccc(OC)c(OC)c1)C(C)C(=O)O2. The summed E-state index contributed by atoms with van der Waals surface area (Å²) in [5, 5.41) is 0. The molecule has 0 spiro atoms. The quantitative estimate of drug-likeness (QED) is 0.550. The van der Waals surface area contributed by atoms with Gasteiger partial charge in [-0.1, -0.05) is 26.8 Å². The standard InChI is InChI=1S/C23H28O6/c1-13-20(14-8-9-17(26-5)18(10-14)27-6)23(2,3)16-11-15(25-4)12-19(28-7)21(16)29-22(13)24/h8-13,20H,1-7H3. The molecule has 0 saturated heterocycles. The van der Waals surface area contributed by atoms with Crippen molar-refractivity contribution in [3.63, 3.8) is 0 Å². The smallest absolute Gasteiger partial charge is 0.314 e. The molecule has 0 aromatic heterocycles. The van der Waals surface area contributed by atoms with Crippen molar-refractivity contribution in [2.75, 3.05) is 28.4 Å². The summed E-state index contributed by atoms with van der Waals surface area (Å²) >= 11 is 0. The number of carbonyl (C=O) groups excluding carboxylic acids is 1. The van der Waals surface area contributed by atoms with Crippen LogP contribution in [0.4, 0.5) is 0 Å². The van der Waals surface area contributed by atoms with Crippen LogP contribution in [0, 0.1) is 5.92 Å². The molecule has 0 bridgehead atoms. The van der Waals surface area contributed by atoms with Crippen LogP contribution < -0.4 is 23.7 Å². The second kappa shape index (κ2) is 7.85. The van der Waals surface area contributed by atoms with Crippen LogP contribution in [0.2, 0.25) is 0 Å². The van der Waals surface area contributed by atoms with Gasteiger partial charge in [-0.05, 0) is 23.8 Å². The molecule has 2 unspecified atom stereocenters. The van der Waals surface area contributed by atoms with E-state index in [1.165, 1.54) is 0 Å². The minimum absolute atomic E-state index is 0.173. The van der Waals surface area contributed by atoms with Crippen molar-refractivity contribution >= 4 is 5.97 Å². The van der Waals surface area contributed by atoms with Gasteiger partial charge in [-0.25, -0.2) is 0 Å². The van der Waals surface area contributed by atoms with E-state index in [2.05, 4.69) is 13.8 Å². The molecule has 3 rings (SSSR count). The molecule has 0 N–H and O–H groups in total. The molecular weight excluding hydrogens is 372 g/mol. The highest BCUT2D eigenvalue weighted by Crippen LogP contribution is 2.53. The van der Waals surface area contributed by atoms with Crippen molar-refractivity contribution < 1.29 is 28.5 Å². The van der Waals surface area contributed by atoms with Crippen LogP contribution in [0.1, 0.15) is 37.8 Å². The van der Waals surface area contributed by atoms with Crippen LogP contribution in [0.25, 0.3) is 0 Å². The first-order chi connectivity index (χ1) is 13.8. The van der Waals surface area contributed by atoms with Gasteiger partial charge < -0.3 is 23.7 Å². The van der Waals surface area contributed by atoms with Gasteiger partial charge in [-0.3, -0.25) is 4.79 Å². The van der Waals surface area contributed by atoms with E-state index in [1.54, 1.807) is 34.5 Å². The van der Waals surface area contributed by atoms with Crippen molar-refractivity contribution in [3.8, 4) is 28.7 Å². The van der Waals surface area contributed by atoms with Gasteiger partial charge in [0.25, 0.3) is 0 Å². The second-order valence-corrected chi connectivity index (χ2v) is 7.73. The molecule has 1 heterocycles. The highest BCUT2D eigenvalue weighted by molar-refractivity contribution is 5.80. The van der Waals surface area contributed by atoms with E-state index < -0.39 is 11.3 Å². The van der Waals surface area contributed by atoms with E-state index >= 15 is 0 Å². The highest BCUT2D eigenvalue weighted by Gasteiger charge is 2.45. The zero-order valence-electron chi connectivity index (χ0n) is 18.0. The average Bonchev–Trinajstić information content (AvgIpc) is 2.79. The van der Waals surface area contributed by atoms with E-state index in [1.807, 2.05) is 31.2 Å². The zero-order valence-corrected chi connectivity index (χ0v) is 18.0. The fraction of sp³-hybridized carbons (Fsp3) is 0.435. The van der Waals surface area contributed by atoms with Gasteiger partial charge >= 0.3 is 5.97 Å². The molecule has 1 aliphatic heterocycles. The third kappa shape index (κ3) is 3.48. The maximum atomic E-state index is 13.0. The third-order valence-corrected chi connectivity index (χ3v) is 5.80. The first-order valence-corrected chi connectivity index (χ1v) is 9.48. The fourth-order valence-electron chi connectivity index (χ4n) is 4.30. The number of carbonyl (C=O) groups is 1. The first-order valence-electron chi connectivity index (χ1n) is 9.48. The molecule has 6 nitrogen and oxygen atoms in total. The molecule has 0 saturated carbocycles. The van der Waals surface area contributed by atoms with Crippen LogP contribution >= 0.6 is 0 Å². The van der Waals surface area contributed by atoms with Crippen LogP contribution in [0.3, 0.4) is 0 Å². The maximum Gasteiger partial charge on any atom is 0.314 e. The van der Waals surface area contributed by atoms with Crippen molar-refractivity contribution in [1.29, 1.82) is 0 Å². The first kappa shape index (κ1) is 20.8. The predicted molar refractivity (Wildman–Crippen MR) is 110 cm³/mol. The van der Waals surface area contributed by atoms with Crippen molar-refractivity contribution in [2.24, 2.45) is 5.92 Å². The van der Waals surface area contributed by atoms with Gasteiger partial charge in [-0.15, -0.1) is 0 Å². The molecule has 0 aliphatic carbocycles. The normalized spacial score (nSPS) is 20.2. The monoisotopic (exact) mass is 400 g/mol. The summed E-state index contributed by atoms with van der Waals surface area (Å²) < 4.78 is 27.6. The number of rotatable bonds is 5. The van der Waals surface area contributed by atoms with Crippen LogP contribution in [-0.4, -0.2) is 34.4 Å². The lowest BCUT2D eigenvalue weighted by molar-refractivity contribution is -0.139. The summed E-state index contributed by atoms with van der Waals surface area (Å²) in [5.74, 6) is 1.94. The topological polar surface area (TPSA) is 63.2 Å². The van der Waals surface area contributed by atoms with Gasteiger partial charge in [0.2, 0.25) is 0 Å². The molecule has 0 fully saturated rings. The maximum absolute atomic E-state index is 13.0. The van der Waals surface area contributed by atoms with E-state index in [-0.39, 0.29) is 11.9 Å². The Morgan fingerprint density at radius 3 is 2.10 bits per heavy atom. The van der Waals surface area contributed by atoms with Crippen molar-refractivity contribution in [2.45, 2.75) is 32.1 Å². The minimum Gasteiger partial charge on any atom is -0.497 e. The Kier molecular flexibility index (Phi) is 5.64. The van der Waals surface area contributed by atoms with Crippen LogP contribution in [-0.2, 0) is 10.2 Å². The zero-order chi connectivity index (χ0) is 21.3. The van der Waals surface area contributed by atoms with Gasteiger partial charge in [0.15, 0.2) is 23.0 Å². The number of ether oxygens (including phenoxy) is 5. The second-order valence-electron chi connectivity index (χ2n) is 7.73. The summed E-state index contributed by atoms with van der Waals surface area (Å²) in [7, 11) is 6.35. The Labute approximate surface area is 171 Å². The Morgan fingerprint density at radius 1 is 0.862 bits per heavy atom. The lowest BCUT2D eigenvalue weighted by Gasteiger charge is -2.36. The molecule has 6 heteroatoms. The average molecular weight is 400 g/mol. The van der Waals surface area contributed by atoms with E-state index in [4.69, 9.17) is 23.7 Å².